The first-order valence-corrected chi connectivity index (χ1v) is 9.81. The van der Waals surface area contributed by atoms with E-state index in [9.17, 15) is 0 Å². The van der Waals surface area contributed by atoms with Crippen LogP contribution in [-0.4, -0.2) is 28.5 Å². The summed E-state index contributed by atoms with van der Waals surface area (Å²) in [6.45, 7) is 9.73. The number of benzene rings is 1. The molecule has 0 spiro atoms. The zero-order valence-electron chi connectivity index (χ0n) is 12.9. The summed E-state index contributed by atoms with van der Waals surface area (Å²) in [5.74, 6) is 0. The Hall–Kier alpha value is -0.903. The highest BCUT2D eigenvalue weighted by Crippen LogP contribution is 2.09. The Bertz CT molecular complexity index is 379. The van der Waals surface area contributed by atoms with Gasteiger partial charge in [0, 0.05) is 13.2 Å². The fourth-order valence-corrected chi connectivity index (χ4v) is 4.26. The van der Waals surface area contributed by atoms with Crippen LogP contribution in [0.1, 0.15) is 37.8 Å². The zero-order valence-corrected chi connectivity index (χ0v) is 14.1. The number of aryl methyl sites for hydroxylation is 1. The van der Waals surface area contributed by atoms with Gasteiger partial charge >= 0.3 is 0 Å². The lowest BCUT2D eigenvalue weighted by atomic mass is 10.1. The summed E-state index contributed by atoms with van der Waals surface area (Å²) in [7, 11) is -1.13. The first-order valence-electron chi connectivity index (χ1n) is 7.70. The van der Waals surface area contributed by atoms with E-state index in [0.717, 1.165) is 32.3 Å². The average Bonchev–Trinajstić information content (AvgIpc) is 2.49. The highest BCUT2D eigenvalue weighted by Gasteiger charge is 2.10. The predicted octanol–water partition coefficient (Wildman–Crippen LogP) is 3.99. The van der Waals surface area contributed by atoms with Gasteiger partial charge in [-0.05, 0) is 36.9 Å². The van der Waals surface area contributed by atoms with E-state index >= 15 is 0 Å². The van der Waals surface area contributed by atoms with Gasteiger partial charge in [0.25, 0.3) is 0 Å². The van der Waals surface area contributed by atoms with E-state index in [2.05, 4.69) is 37.8 Å². The predicted molar refractivity (Wildman–Crippen MR) is 89.5 cm³/mol. The van der Waals surface area contributed by atoms with Gasteiger partial charge < -0.3 is 9.16 Å². The minimum absolute atomic E-state index is 0.797. The summed E-state index contributed by atoms with van der Waals surface area (Å²) in [6.07, 6.45) is 6.11. The van der Waals surface area contributed by atoms with Crippen LogP contribution in [0.2, 0.25) is 6.04 Å². The van der Waals surface area contributed by atoms with Crippen molar-refractivity contribution in [2.75, 3.05) is 19.4 Å². The quantitative estimate of drug-likeness (QED) is 0.453. The first kappa shape index (κ1) is 17.1. The van der Waals surface area contributed by atoms with Gasteiger partial charge in [0.15, 0.2) is 0 Å². The lowest BCUT2D eigenvalue weighted by Gasteiger charge is -2.15. The summed E-state index contributed by atoms with van der Waals surface area (Å²) in [5.41, 5.74) is 2.56. The molecule has 0 amide bonds. The van der Waals surface area contributed by atoms with Gasteiger partial charge in [-0.3, -0.25) is 0 Å². The van der Waals surface area contributed by atoms with Gasteiger partial charge in [-0.2, -0.15) is 0 Å². The van der Waals surface area contributed by atoms with Crippen LogP contribution < -0.4 is 0 Å². The fraction of sp³-hybridized carbons (Fsp3) is 0.529. The minimum Gasteiger partial charge on any atom is -0.418 e. The molecule has 1 atom stereocenters. The minimum atomic E-state index is -1.13. The van der Waals surface area contributed by atoms with Gasteiger partial charge in [0.1, 0.15) is 0 Å². The molecule has 112 valence electrons. The number of ether oxygens (including phenoxy) is 1. The number of hydrogen-bond acceptors (Lipinski definition) is 2. The molecule has 1 rings (SSSR count). The topological polar surface area (TPSA) is 18.5 Å². The molecule has 0 fully saturated rings. The third-order valence-corrected chi connectivity index (χ3v) is 5.80. The van der Waals surface area contributed by atoms with E-state index in [0.29, 0.717) is 0 Å². The molecule has 0 saturated heterocycles. The van der Waals surface area contributed by atoms with Crippen molar-refractivity contribution in [3.63, 3.8) is 0 Å². The van der Waals surface area contributed by atoms with Crippen LogP contribution in [0.4, 0.5) is 0 Å². The molecule has 0 aliphatic rings. The number of hydrogen-bond donors (Lipinski definition) is 0. The Morgan fingerprint density at radius 2 is 2.15 bits per heavy atom. The third kappa shape index (κ3) is 7.03. The van der Waals surface area contributed by atoms with Gasteiger partial charge in [-0.1, -0.05) is 50.3 Å². The van der Waals surface area contributed by atoms with E-state index in [1.54, 1.807) is 0 Å². The van der Waals surface area contributed by atoms with Gasteiger partial charge in [-0.25, -0.2) is 0 Å². The van der Waals surface area contributed by atoms with Crippen LogP contribution in [0, 0.1) is 0 Å². The molecule has 1 aromatic rings. The monoisotopic (exact) mass is 292 g/mol. The van der Waals surface area contributed by atoms with Gasteiger partial charge in [-0.15, -0.1) is 0 Å². The van der Waals surface area contributed by atoms with Crippen LogP contribution in [0.3, 0.4) is 0 Å². The maximum atomic E-state index is 6.06. The molecule has 1 unspecified atom stereocenters. The Labute approximate surface area is 125 Å². The van der Waals surface area contributed by atoms with E-state index in [1.165, 1.54) is 23.6 Å². The van der Waals surface area contributed by atoms with Crippen molar-refractivity contribution in [1.29, 1.82) is 0 Å². The molecule has 0 aliphatic heterocycles. The molecule has 1 aromatic carbocycles. The van der Waals surface area contributed by atoms with Gasteiger partial charge in [0.2, 0.25) is 9.04 Å². The summed E-state index contributed by atoms with van der Waals surface area (Å²) in [5, 5.41) is 0. The van der Waals surface area contributed by atoms with Crippen LogP contribution in [0.5, 0.6) is 0 Å². The van der Waals surface area contributed by atoms with Crippen molar-refractivity contribution >= 4 is 15.1 Å². The zero-order chi connectivity index (χ0) is 14.6. The lowest BCUT2D eigenvalue weighted by Crippen LogP contribution is -2.25. The highest BCUT2D eigenvalue weighted by molar-refractivity contribution is 6.51. The van der Waals surface area contributed by atoms with Crippen LogP contribution in [-0.2, 0) is 15.6 Å². The smallest absolute Gasteiger partial charge is 0.202 e. The molecule has 0 radical (unpaired) electrons. The molecule has 0 heterocycles. The molecule has 0 bridgehead atoms. The van der Waals surface area contributed by atoms with Crippen molar-refractivity contribution in [3.8, 4) is 0 Å². The van der Waals surface area contributed by atoms with Gasteiger partial charge in [0.05, 0.1) is 6.23 Å². The second kappa shape index (κ2) is 10.8. The highest BCUT2D eigenvalue weighted by atomic mass is 28.3. The van der Waals surface area contributed by atoms with Crippen molar-refractivity contribution in [2.24, 2.45) is 0 Å². The van der Waals surface area contributed by atoms with Crippen molar-refractivity contribution < 1.29 is 9.16 Å². The van der Waals surface area contributed by atoms with E-state index < -0.39 is 9.04 Å². The molecule has 0 saturated carbocycles. The van der Waals surface area contributed by atoms with E-state index in [4.69, 9.17) is 9.16 Å². The van der Waals surface area contributed by atoms with E-state index in [-0.39, 0.29) is 0 Å². The Morgan fingerprint density at radius 3 is 2.85 bits per heavy atom. The van der Waals surface area contributed by atoms with E-state index in [1.807, 2.05) is 13.0 Å². The Morgan fingerprint density at radius 1 is 1.30 bits per heavy atom. The summed E-state index contributed by atoms with van der Waals surface area (Å²) in [6, 6.07) is 9.77. The summed E-state index contributed by atoms with van der Waals surface area (Å²) >= 11 is 0. The van der Waals surface area contributed by atoms with Crippen LogP contribution in [0.25, 0.3) is 6.08 Å². The lowest BCUT2D eigenvalue weighted by molar-refractivity contribution is 0.170. The molecule has 3 heteroatoms. The van der Waals surface area contributed by atoms with Crippen LogP contribution >= 0.6 is 0 Å². The fourth-order valence-electron chi connectivity index (χ4n) is 2.19. The molecule has 2 nitrogen and oxygen atoms in total. The molecule has 0 aliphatic carbocycles. The van der Waals surface area contributed by atoms with Crippen molar-refractivity contribution in [1.82, 2.24) is 0 Å². The molecule has 0 aromatic heterocycles. The first-order chi connectivity index (χ1) is 9.80. The SMILES string of the molecule is C=Cc1cccc(CCCO[SiH](CCC)COCC)c1. The second-order valence-corrected chi connectivity index (χ2v) is 7.48. The Kier molecular flexibility index (Phi) is 9.29. The summed E-state index contributed by atoms with van der Waals surface area (Å²) in [4.78, 5) is 0. The average molecular weight is 292 g/mol. The maximum absolute atomic E-state index is 6.06. The summed E-state index contributed by atoms with van der Waals surface area (Å²) < 4.78 is 11.6. The number of rotatable bonds is 11. The molecular formula is C17H28O2Si. The standard InChI is InChI=1S/C17H28O2Si/c1-4-13-20(15-18-6-3)19-12-8-11-17-10-7-9-16(5-2)14-17/h5,7,9-10,14,20H,2,4,6,8,11-13,15H2,1,3H3. The molecule has 0 N–H and O–H groups in total. The van der Waals surface area contributed by atoms with Crippen molar-refractivity contribution in [2.45, 2.75) is 39.2 Å². The molecular weight excluding hydrogens is 264 g/mol. The van der Waals surface area contributed by atoms with Crippen LogP contribution in [0.15, 0.2) is 30.8 Å². The maximum Gasteiger partial charge on any atom is 0.202 e. The normalized spacial score (nSPS) is 12.3. The molecule has 20 heavy (non-hydrogen) atoms. The largest absolute Gasteiger partial charge is 0.418 e. The second-order valence-electron chi connectivity index (χ2n) is 4.99. The third-order valence-electron chi connectivity index (χ3n) is 3.27. The van der Waals surface area contributed by atoms with Crippen molar-refractivity contribution in [3.05, 3.63) is 42.0 Å². The Balaban J connectivity index is 2.26.